The predicted octanol–water partition coefficient (Wildman–Crippen LogP) is 2.30. The molecule has 2 amide bonds. The Morgan fingerprint density at radius 3 is 2.67 bits per heavy atom. The quantitative estimate of drug-likeness (QED) is 0.378. The molecule has 1 aromatic carbocycles. The molecule has 0 saturated carbocycles. The second-order valence-corrected chi connectivity index (χ2v) is 6.29. The number of carbonyl (C=O) groups is 3. The number of methoxy groups -OCH3 is 1. The van der Waals surface area contributed by atoms with Crippen molar-refractivity contribution in [1.29, 1.82) is 0 Å². The van der Waals surface area contributed by atoms with Crippen molar-refractivity contribution >= 4 is 41.2 Å². The lowest BCUT2D eigenvalue weighted by atomic mass is 10.0. The number of amides is 2. The van der Waals surface area contributed by atoms with E-state index in [9.17, 15) is 14.4 Å². The van der Waals surface area contributed by atoms with Gasteiger partial charge in [0.15, 0.2) is 5.11 Å². The Morgan fingerprint density at radius 2 is 2.00 bits per heavy atom. The first kappa shape index (κ1) is 18.5. The highest BCUT2D eigenvalue weighted by Gasteiger charge is 2.31. The molecule has 0 aliphatic carbocycles. The van der Waals surface area contributed by atoms with Gasteiger partial charge in [0.2, 0.25) is 0 Å². The summed E-state index contributed by atoms with van der Waals surface area (Å²) in [5, 5.41) is 2.50. The smallest absolute Gasteiger partial charge is 0.337 e. The van der Waals surface area contributed by atoms with Crippen LogP contribution in [0, 0.1) is 6.92 Å². The molecule has 0 unspecified atom stereocenters. The molecule has 1 aliphatic rings. The summed E-state index contributed by atoms with van der Waals surface area (Å²) < 4.78 is 10.5. The summed E-state index contributed by atoms with van der Waals surface area (Å²) in [6, 6.07) is 8.48. The molecule has 1 N–H and O–H groups in total. The molecule has 2 aromatic rings. The van der Waals surface area contributed by atoms with Gasteiger partial charge in [-0.15, -0.1) is 0 Å². The molecule has 0 spiro atoms. The van der Waals surface area contributed by atoms with Crippen LogP contribution in [0.2, 0.25) is 0 Å². The number of likely N-dealkylation sites (N-methyl/N-ethyl adjacent to an activating group) is 1. The van der Waals surface area contributed by atoms with E-state index in [4.69, 9.17) is 21.4 Å². The molecule has 3 rings (SSSR count). The number of thiocarbonyl (C=S) groups is 1. The molecular weight excluding hydrogens is 368 g/mol. The molecule has 2 heterocycles. The molecule has 1 aromatic heterocycles. The largest absolute Gasteiger partial charge is 0.465 e. The van der Waals surface area contributed by atoms with E-state index < -0.39 is 17.8 Å². The van der Waals surface area contributed by atoms with Gasteiger partial charge in [0, 0.05) is 12.6 Å². The van der Waals surface area contributed by atoms with Crippen LogP contribution in [-0.4, -0.2) is 42.0 Å². The van der Waals surface area contributed by atoms with Crippen molar-refractivity contribution in [2.45, 2.75) is 6.92 Å². The first-order valence-electron chi connectivity index (χ1n) is 7.96. The Kier molecular flexibility index (Phi) is 4.91. The van der Waals surface area contributed by atoms with Crippen LogP contribution in [0.1, 0.15) is 21.7 Å². The van der Waals surface area contributed by atoms with Crippen molar-refractivity contribution < 1.29 is 23.5 Å². The standard InChI is InChI=1S/C19H16N2O5S/c1-10-8-11(18(24)25-3)4-6-13(10)15-7-5-12(26-15)9-14-16(22)20-19(27)21(2)17(14)23/h4-9H,1-3H3,(H,20,22,27). The first-order valence-corrected chi connectivity index (χ1v) is 8.37. The van der Waals surface area contributed by atoms with Crippen molar-refractivity contribution in [3.8, 4) is 11.3 Å². The maximum atomic E-state index is 12.2. The average molecular weight is 384 g/mol. The number of nitrogens with zero attached hydrogens (tertiary/aromatic N) is 1. The van der Waals surface area contributed by atoms with E-state index in [-0.39, 0.29) is 10.7 Å². The van der Waals surface area contributed by atoms with E-state index in [0.717, 1.165) is 11.1 Å². The highest BCUT2D eigenvalue weighted by Crippen LogP contribution is 2.28. The van der Waals surface area contributed by atoms with Crippen molar-refractivity contribution in [2.75, 3.05) is 14.2 Å². The maximum absolute atomic E-state index is 12.2. The van der Waals surface area contributed by atoms with E-state index in [1.807, 2.05) is 6.92 Å². The number of benzene rings is 1. The van der Waals surface area contributed by atoms with Crippen molar-refractivity contribution in [2.24, 2.45) is 0 Å². The SMILES string of the molecule is COC(=O)c1ccc(-c2ccc(C=C3C(=O)NC(=S)N(C)C3=O)o2)c(C)c1. The third-order valence-corrected chi connectivity index (χ3v) is 4.51. The molecule has 0 radical (unpaired) electrons. The third kappa shape index (κ3) is 3.52. The summed E-state index contributed by atoms with van der Waals surface area (Å²) in [5.74, 6) is -0.595. The summed E-state index contributed by atoms with van der Waals surface area (Å²) in [5.41, 5.74) is 1.98. The number of furan rings is 1. The lowest BCUT2D eigenvalue weighted by Gasteiger charge is -2.24. The van der Waals surface area contributed by atoms with Crippen LogP contribution in [0.25, 0.3) is 17.4 Å². The number of hydrogen-bond donors (Lipinski definition) is 1. The summed E-state index contributed by atoms with van der Waals surface area (Å²) in [6.45, 7) is 1.84. The number of rotatable bonds is 3. The lowest BCUT2D eigenvalue weighted by Crippen LogP contribution is -2.52. The Hall–Kier alpha value is -3.26. The molecule has 27 heavy (non-hydrogen) atoms. The van der Waals surface area contributed by atoms with Crippen molar-refractivity contribution in [1.82, 2.24) is 10.2 Å². The highest BCUT2D eigenvalue weighted by atomic mass is 32.1. The Labute approximate surface area is 160 Å². The van der Waals surface area contributed by atoms with Gasteiger partial charge >= 0.3 is 5.97 Å². The number of carbonyl (C=O) groups excluding carboxylic acids is 3. The van der Waals surface area contributed by atoms with E-state index in [1.165, 1.54) is 25.1 Å². The van der Waals surface area contributed by atoms with Crippen LogP contribution < -0.4 is 5.32 Å². The number of esters is 1. The van der Waals surface area contributed by atoms with Gasteiger partial charge in [-0.2, -0.15) is 0 Å². The van der Waals surface area contributed by atoms with Crippen LogP contribution in [0.15, 0.2) is 40.3 Å². The summed E-state index contributed by atoms with van der Waals surface area (Å²) in [6.07, 6.45) is 1.37. The minimum absolute atomic E-state index is 0.0589. The van der Waals surface area contributed by atoms with Gasteiger partial charge in [-0.3, -0.25) is 19.8 Å². The van der Waals surface area contributed by atoms with Crippen LogP contribution >= 0.6 is 12.2 Å². The van der Waals surface area contributed by atoms with Crippen LogP contribution in [-0.2, 0) is 14.3 Å². The molecule has 1 aliphatic heterocycles. The summed E-state index contributed by atoms with van der Waals surface area (Å²) in [4.78, 5) is 37.1. The first-order chi connectivity index (χ1) is 12.8. The lowest BCUT2D eigenvalue weighted by molar-refractivity contribution is -0.128. The molecule has 1 saturated heterocycles. The van der Waals surface area contributed by atoms with Crippen molar-refractivity contribution in [3.05, 3.63) is 52.8 Å². The predicted molar refractivity (Wildman–Crippen MR) is 102 cm³/mol. The van der Waals surface area contributed by atoms with Crippen molar-refractivity contribution in [3.63, 3.8) is 0 Å². The molecule has 0 bridgehead atoms. The van der Waals surface area contributed by atoms with Gasteiger partial charge in [0.25, 0.3) is 11.8 Å². The fraction of sp³-hybridized carbons (Fsp3) is 0.158. The van der Waals surface area contributed by atoms with Gasteiger partial charge in [-0.05, 0) is 55.0 Å². The van der Waals surface area contributed by atoms with E-state index >= 15 is 0 Å². The van der Waals surface area contributed by atoms with Crippen LogP contribution in [0.4, 0.5) is 0 Å². The van der Waals surface area contributed by atoms with Gasteiger partial charge in [-0.25, -0.2) is 4.79 Å². The monoisotopic (exact) mass is 384 g/mol. The van der Waals surface area contributed by atoms with E-state index in [1.54, 1.807) is 30.3 Å². The Bertz CT molecular complexity index is 1010. The summed E-state index contributed by atoms with van der Waals surface area (Å²) in [7, 11) is 2.81. The topological polar surface area (TPSA) is 88.9 Å². The molecule has 138 valence electrons. The van der Waals surface area contributed by atoms with Gasteiger partial charge in [0.1, 0.15) is 17.1 Å². The van der Waals surface area contributed by atoms with Gasteiger partial charge in [-0.1, -0.05) is 6.07 Å². The third-order valence-electron chi connectivity index (χ3n) is 4.13. The van der Waals surface area contributed by atoms with Gasteiger partial charge in [0.05, 0.1) is 12.7 Å². The molecule has 7 nitrogen and oxygen atoms in total. The summed E-state index contributed by atoms with van der Waals surface area (Å²) >= 11 is 4.91. The Balaban J connectivity index is 1.91. The molecule has 8 heteroatoms. The number of ether oxygens (including phenoxy) is 1. The Morgan fingerprint density at radius 1 is 1.26 bits per heavy atom. The number of aryl methyl sites for hydroxylation is 1. The average Bonchev–Trinajstić information content (AvgIpc) is 3.11. The number of nitrogens with one attached hydrogen (secondary N) is 1. The van der Waals surface area contributed by atoms with E-state index in [2.05, 4.69) is 5.32 Å². The zero-order chi connectivity index (χ0) is 19.7. The van der Waals surface area contributed by atoms with Crippen LogP contribution in [0.3, 0.4) is 0 Å². The zero-order valence-electron chi connectivity index (χ0n) is 14.9. The normalized spacial score (nSPS) is 15.9. The second-order valence-electron chi connectivity index (χ2n) is 5.90. The molecule has 0 atom stereocenters. The highest BCUT2D eigenvalue weighted by molar-refractivity contribution is 7.80. The zero-order valence-corrected chi connectivity index (χ0v) is 15.7. The molecular formula is C19H16N2O5S. The molecule has 1 fully saturated rings. The fourth-order valence-electron chi connectivity index (χ4n) is 2.65. The number of hydrogen-bond acceptors (Lipinski definition) is 6. The maximum Gasteiger partial charge on any atom is 0.337 e. The fourth-order valence-corrected chi connectivity index (χ4v) is 2.82. The minimum atomic E-state index is -0.570. The van der Waals surface area contributed by atoms with Crippen LogP contribution in [0.5, 0.6) is 0 Å². The van der Waals surface area contributed by atoms with Gasteiger partial charge < -0.3 is 9.15 Å². The minimum Gasteiger partial charge on any atom is -0.465 e. The second kappa shape index (κ2) is 7.16. The van der Waals surface area contributed by atoms with E-state index in [0.29, 0.717) is 17.1 Å².